The van der Waals surface area contributed by atoms with Crippen molar-refractivity contribution in [2.75, 3.05) is 30.4 Å². The van der Waals surface area contributed by atoms with Crippen LogP contribution in [0.2, 0.25) is 0 Å². The molecule has 0 unspecified atom stereocenters. The summed E-state index contributed by atoms with van der Waals surface area (Å²) in [5.41, 5.74) is 0. The zero-order chi connectivity index (χ0) is 15.9. The first kappa shape index (κ1) is 17.6. The number of rotatable bonds is 8. The lowest BCUT2D eigenvalue weighted by molar-refractivity contribution is -0.116. The maximum Gasteiger partial charge on any atom is 0.226 e. The number of anilines is 1. The average molecular weight is 313 g/mol. The fourth-order valence-corrected chi connectivity index (χ4v) is 2.98. The lowest BCUT2D eigenvalue weighted by atomic mass is 10.3. The minimum atomic E-state index is -3.00. The van der Waals surface area contributed by atoms with Gasteiger partial charge in [0.25, 0.3) is 0 Å². The van der Waals surface area contributed by atoms with Crippen molar-refractivity contribution in [1.82, 2.24) is 9.88 Å². The van der Waals surface area contributed by atoms with Gasteiger partial charge in [0.15, 0.2) is 9.84 Å². The van der Waals surface area contributed by atoms with Gasteiger partial charge in [-0.15, -0.1) is 0 Å². The van der Waals surface area contributed by atoms with E-state index in [9.17, 15) is 13.2 Å². The highest BCUT2D eigenvalue weighted by atomic mass is 32.2. The van der Waals surface area contributed by atoms with E-state index in [2.05, 4.69) is 10.3 Å². The SMILES string of the molecule is CCS(=O)(=O)C[C@H](C)N(C)CCC(=O)Nc1ccccn1. The fraction of sp³-hybridized carbons (Fsp3) is 0.571. The maximum absolute atomic E-state index is 11.8. The summed E-state index contributed by atoms with van der Waals surface area (Å²) in [6, 6.07) is 5.18. The van der Waals surface area contributed by atoms with E-state index in [0.717, 1.165) is 0 Å². The predicted octanol–water partition coefficient (Wildman–Crippen LogP) is 1.17. The molecule has 1 rings (SSSR count). The Balaban J connectivity index is 2.38. The van der Waals surface area contributed by atoms with Gasteiger partial charge in [-0.2, -0.15) is 0 Å². The molecule has 21 heavy (non-hydrogen) atoms. The van der Waals surface area contributed by atoms with E-state index >= 15 is 0 Å². The van der Waals surface area contributed by atoms with Crippen LogP contribution < -0.4 is 5.32 Å². The Morgan fingerprint density at radius 1 is 1.43 bits per heavy atom. The summed E-state index contributed by atoms with van der Waals surface area (Å²) < 4.78 is 23.2. The third kappa shape index (κ3) is 6.68. The zero-order valence-corrected chi connectivity index (χ0v) is 13.6. The summed E-state index contributed by atoms with van der Waals surface area (Å²) in [5, 5.41) is 2.70. The summed E-state index contributed by atoms with van der Waals surface area (Å²) >= 11 is 0. The molecule has 118 valence electrons. The second-order valence-electron chi connectivity index (χ2n) is 5.04. The highest BCUT2D eigenvalue weighted by Crippen LogP contribution is 2.04. The summed E-state index contributed by atoms with van der Waals surface area (Å²) in [6.45, 7) is 3.99. The lowest BCUT2D eigenvalue weighted by Gasteiger charge is -2.24. The van der Waals surface area contributed by atoms with Gasteiger partial charge >= 0.3 is 0 Å². The van der Waals surface area contributed by atoms with Crippen molar-refractivity contribution in [3.05, 3.63) is 24.4 Å². The van der Waals surface area contributed by atoms with E-state index in [1.54, 1.807) is 31.3 Å². The van der Waals surface area contributed by atoms with Gasteiger partial charge in [-0.05, 0) is 26.1 Å². The Kier molecular flexibility index (Phi) is 6.77. The standard InChI is InChI=1S/C14H23N3O3S/c1-4-21(19,20)11-12(2)17(3)10-8-14(18)16-13-7-5-6-9-15-13/h5-7,9,12H,4,8,10-11H2,1-3H3,(H,15,16,18)/t12-/m0/s1. The molecule has 0 fully saturated rings. The van der Waals surface area contributed by atoms with Gasteiger partial charge in [0.2, 0.25) is 5.91 Å². The number of amides is 1. The van der Waals surface area contributed by atoms with Crippen molar-refractivity contribution < 1.29 is 13.2 Å². The summed E-state index contributed by atoms with van der Waals surface area (Å²) in [5.74, 6) is 0.644. The van der Waals surface area contributed by atoms with E-state index in [4.69, 9.17) is 0 Å². The molecule has 0 spiro atoms. The number of pyridine rings is 1. The van der Waals surface area contributed by atoms with Gasteiger partial charge in [0, 0.05) is 31.0 Å². The summed E-state index contributed by atoms with van der Waals surface area (Å²) in [6.07, 6.45) is 1.91. The smallest absolute Gasteiger partial charge is 0.226 e. The van der Waals surface area contributed by atoms with E-state index in [1.165, 1.54) is 0 Å². The van der Waals surface area contributed by atoms with E-state index in [0.29, 0.717) is 18.8 Å². The minimum Gasteiger partial charge on any atom is -0.311 e. The molecule has 0 saturated heterocycles. The van der Waals surface area contributed by atoms with Crippen molar-refractivity contribution in [2.45, 2.75) is 26.3 Å². The third-order valence-electron chi connectivity index (χ3n) is 3.31. The molecule has 0 aliphatic carbocycles. The molecule has 6 nitrogen and oxygen atoms in total. The first-order valence-electron chi connectivity index (χ1n) is 6.95. The summed E-state index contributed by atoms with van der Waals surface area (Å²) in [4.78, 5) is 17.7. The van der Waals surface area contributed by atoms with Crippen molar-refractivity contribution in [3.8, 4) is 0 Å². The van der Waals surface area contributed by atoms with Crippen LogP contribution in [0.25, 0.3) is 0 Å². The van der Waals surface area contributed by atoms with Gasteiger partial charge in [0.1, 0.15) is 5.82 Å². The molecule has 0 aromatic carbocycles. The van der Waals surface area contributed by atoms with Gasteiger partial charge in [-0.3, -0.25) is 4.79 Å². The number of nitrogens with one attached hydrogen (secondary N) is 1. The number of carbonyl (C=O) groups is 1. The molecule has 0 saturated carbocycles. The van der Waals surface area contributed by atoms with Crippen LogP contribution in [-0.2, 0) is 14.6 Å². The van der Waals surface area contributed by atoms with Crippen LogP contribution in [0.4, 0.5) is 5.82 Å². The molecule has 1 atom stereocenters. The third-order valence-corrected chi connectivity index (χ3v) is 5.18. The Hall–Kier alpha value is -1.47. The van der Waals surface area contributed by atoms with Gasteiger partial charge in [-0.25, -0.2) is 13.4 Å². The summed E-state index contributed by atoms with van der Waals surface area (Å²) in [7, 11) is -1.18. The topological polar surface area (TPSA) is 79.4 Å². The van der Waals surface area contributed by atoms with Gasteiger partial charge in [-0.1, -0.05) is 13.0 Å². The average Bonchev–Trinajstić information content (AvgIpc) is 2.45. The zero-order valence-electron chi connectivity index (χ0n) is 12.7. The second-order valence-corrected chi connectivity index (χ2v) is 7.44. The highest BCUT2D eigenvalue weighted by Gasteiger charge is 2.18. The first-order chi connectivity index (χ1) is 9.84. The molecule has 0 aliphatic heterocycles. The van der Waals surface area contributed by atoms with Crippen molar-refractivity contribution in [3.63, 3.8) is 0 Å². The number of aromatic nitrogens is 1. The predicted molar refractivity (Wildman–Crippen MR) is 83.9 cm³/mol. The van der Waals surface area contributed by atoms with Crippen molar-refractivity contribution in [1.29, 1.82) is 0 Å². The number of hydrogen-bond acceptors (Lipinski definition) is 5. The highest BCUT2D eigenvalue weighted by molar-refractivity contribution is 7.91. The fourth-order valence-electron chi connectivity index (χ4n) is 1.75. The Morgan fingerprint density at radius 2 is 2.14 bits per heavy atom. The first-order valence-corrected chi connectivity index (χ1v) is 8.77. The molecule has 1 N–H and O–H groups in total. The molecule has 0 aliphatic rings. The molecule has 1 heterocycles. The molecule has 1 aromatic heterocycles. The molecule has 0 bridgehead atoms. The van der Waals surface area contributed by atoms with E-state index in [1.807, 2.05) is 18.9 Å². The lowest BCUT2D eigenvalue weighted by Crippen LogP contribution is -2.37. The largest absolute Gasteiger partial charge is 0.311 e. The Morgan fingerprint density at radius 3 is 2.71 bits per heavy atom. The molecular weight excluding hydrogens is 290 g/mol. The minimum absolute atomic E-state index is 0.113. The maximum atomic E-state index is 11.8. The van der Waals surface area contributed by atoms with Crippen LogP contribution in [-0.4, -0.2) is 55.3 Å². The van der Waals surface area contributed by atoms with Crippen LogP contribution in [0.5, 0.6) is 0 Å². The van der Waals surface area contributed by atoms with Crippen molar-refractivity contribution in [2.24, 2.45) is 0 Å². The molecule has 1 aromatic rings. The van der Waals surface area contributed by atoms with E-state index in [-0.39, 0.29) is 23.5 Å². The second kappa shape index (κ2) is 8.09. The van der Waals surface area contributed by atoms with E-state index < -0.39 is 9.84 Å². The quantitative estimate of drug-likeness (QED) is 0.779. The normalized spacial score (nSPS) is 13.1. The van der Waals surface area contributed by atoms with Crippen LogP contribution in [0, 0.1) is 0 Å². The number of hydrogen-bond donors (Lipinski definition) is 1. The molecule has 7 heteroatoms. The number of sulfone groups is 1. The van der Waals surface area contributed by atoms with Gasteiger partial charge < -0.3 is 10.2 Å². The Labute approximate surface area is 126 Å². The number of carbonyl (C=O) groups excluding carboxylic acids is 1. The van der Waals surface area contributed by atoms with Gasteiger partial charge in [0.05, 0.1) is 5.75 Å². The van der Waals surface area contributed by atoms with Crippen LogP contribution in [0.15, 0.2) is 24.4 Å². The van der Waals surface area contributed by atoms with Crippen LogP contribution in [0.3, 0.4) is 0 Å². The van der Waals surface area contributed by atoms with Crippen molar-refractivity contribution >= 4 is 21.6 Å². The van der Waals surface area contributed by atoms with Crippen LogP contribution in [0.1, 0.15) is 20.3 Å². The molecular formula is C14H23N3O3S. The molecule has 1 amide bonds. The Bertz CT molecular complexity index is 546. The number of nitrogens with zero attached hydrogens (tertiary/aromatic N) is 2. The molecule has 0 radical (unpaired) electrons. The monoisotopic (exact) mass is 313 g/mol. The van der Waals surface area contributed by atoms with Crippen LogP contribution >= 0.6 is 0 Å².